The number of aliphatic hydroxyl groups excluding tert-OH is 2. The van der Waals surface area contributed by atoms with Crippen LogP contribution < -0.4 is 0 Å². The zero-order valence-electron chi connectivity index (χ0n) is 28.3. The fourth-order valence-corrected chi connectivity index (χ4v) is 6.03. The predicted octanol–water partition coefficient (Wildman–Crippen LogP) is 4.66. The Morgan fingerprint density at radius 3 is 1.12 bits per heavy atom. The van der Waals surface area contributed by atoms with Crippen molar-refractivity contribution in [1.29, 1.82) is 0 Å². The van der Waals surface area contributed by atoms with Crippen molar-refractivity contribution in [2.45, 2.75) is 94.9 Å². The molecule has 0 atom stereocenters. The van der Waals surface area contributed by atoms with Crippen LogP contribution in [0.1, 0.15) is 94.9 Å². The Kier molecular flexibility index (Phi) is 15.4. The van der Waals surface area contributed by atoms with Gasteiger partial charge < -0.3 is 28.7 Å². The third-order valence-electron chi connectivity index (χ3n) is 7.44. The van der Waals surface area contributed by atoms with Gasteiger partial charge in [0.2, 0.25) is 0 Å². The number of quaternary nitrogens is 2. The second-order valence-corrected chi connectivity index (χ2v) is 16.7. The molecule has 0 aromatic rings. The van der Waals surface area contributed by atoms with Crippen LogP contribution in [0.5, 0.6) is 0 Å². The highest BCUT2D eigenvalue weighted by Gasteiger charge is 2.32. The Bertz CT molecular complexity index is 710. The highest BCUT2D eigenvalue weighted by molar-refractivity contribution is 5.70. The van der Waals surface area contributed by atoms with Crippen molar-refractivity contribution in [3.63, 3.8) is 0 Å². The maximum Gasteiger partial charge on any atom is 0.311 e. The van der Waals surface area contributed by atoms with Crippen molar-refractivity contribution < 1.29 is 38.2 Å². The molecule has 0 rings (SSSR count). The fraction of sp³-hybridized carbons (Fsp3) is 0.938. The molecule has 0 radical (unpaired) electrons. The van der Waals surface area contributed by atoms with E-state index < -0.39 is 0 Å². The molecule has 0 bridgehead atoms. The lowest BCUT2D eigenvalue weighted by atomic mass is 9.77. The van der Waals surface area contributed by atoms with Gasteiger partial charge in [-0.05, 0) is 34.5 Å². The second-order valence-electron chi connectivity index (χ2n) is 16.7. The SMILES string of the molecule is CC(C)(C)CC(C)(C)COC(=O)CC[N+](C)(CCC(=O)OCC(C)(C)CC(C)(C)C)CC[N+](C)(CCO)CCO. The van der Waals surface area contributed by atoms with Gasteiger partial charge in [-0.25, -0.2) is 0 Å². The van der Waals surface area contributed by atoms with Crippen molar-refractivity contribution >= 4 is 11.9 Å². The summed E-state index contributed by atoms with van der Waals surface area (Å²) >= 11 is 0. The lowest BCUT2D eigenvalue weighted by molar-refractivity contribution is -0.963. The van der Waals surface area contributed by atoms with E-state index in [1.807, 2.05) is 7.05 Å². The summed E-state index contributed by atoms with van der Waals surface area (Å²) in [7, 11) is 4.09. The standard InChI is InChI=1S/C32H66N2O6/c1-29(2,3)23-31(7,8)25-39-27(37)13-15-33(11,17-18-34(12,19-21-35)20-22-36)16-14-28(38)40-26-32(9,10)24-30(4,5)6/h35-36H,13-26H2,1-12H3/q+2. The highest BCUT2D eigenvalue weighted by Crippen LogP contribution is 2.34. The van der Waals surface area contributed by atoms with Crippen molar-refractivity contribution in [2.24, 2.45) is 21.7 Å². The van der Waals surface area contributed by atoms with E-state index in [1.54, 1.807) is 0 Å². The number of esters is 2. The number of hydrogen-bond donors (Lipinski definition) is 2. The number of likely N-dealkylation sites (N-methyl/N-ethyl adjacent to an activating group) is 2. The number of hydrogen-bond acceptors (Lipinski definition) is 6. The zero-order chi connectivity index (χ0) is 31.5. The van der Waals surface area contributed by atoms with Gasteiger partial charge in [0.15, 0.2) is 0 Å². The van der Waals surface area contributed by atoms with E-state index in [9.17, 15) is 19.8 Å². The number of ether oxygens (including phenoxy) is 2. The first-order valence-electron chi connectivity index (χ1n) is 15.1. The molecule has 0 saturated carbocycles. The summed E-state index contributed by atoms with van der Waals surface area (Å²) in [6, 6.07) is 0. The quantitative estimate of drug-likeness (QED) is 0.172. The largest absolute Gasteiger partial charge is 0.465 e. The summed E-state index contributed by atoms with van der Waals surface area (Å²) in [6.45, 7) is 26.0. The minimum absolute atomic E-state index is 0.0353. The molecule has 0 aliphatic rings. The lowest BCUT2D eigenvalue weighted by Gasteiger charge is -2.39. The first-order valence-corrected chi connectivity index (χ1v) is 15.1. The molecule has 0 saturated heterocycles. The van der Waals surface area contributed by atoms with Gasteiger partial charge >= 0.3 is 11.9 Å². The first-order chi connectivity index (χ1) is 17.9. The molecule has 0 aliphatic carbocycles. The molecule has 0 fully saturated rings. The summed E-state index contributed by atoms with van der Waals surface area (Å²) < 4.78 is 12.4. The number of aliphatic hydroxyl groups is 2. The van der Waals surface area contributed by atoms with Gasteiger partial charge in [0.1, 0.15) is 26.2 Å². The van der Waals surface area contributed by atoms with Crippen LogP contribution in [-0.4, -0.2) is 111 Å². The molecule has 0 spiro atoms. The van der Waals surface area contributed by atoms with Gasteiger partial charge in [0, 0.05) is 0 Å². The van der Waals surface area contributed by atoms with Gasteiger partial charge in [-0.15, -0.1) is 0 Å². The molecule has 238 valence electrons. The third kappa shape index (κ3) is 19.0. The molecule has 40 heavy (non-hydrogen) atoms. The van der Waals surface area contributed by atoms with E-state index in [2.05, 4.69) is 76.3 Å². The lowest BCUT2D eigenvalue weighted by Crippen LogP contribution is -2.57. The Hall–Kier alpha value is -1.22. The molecule has 8 nitrogen and oxygen atoms in total. The molecule has 8 heteroatoms. The van der Waals surface area contributed by atoms with E-state index in [-0.39, 0.29) is 59.7 Å². The van der Waals surface area contributed by atoms with Crippen molar-refractivity contribution in [3.05, 3.63) is 0 Å². The van der Waals surface area contributed by atoms with Crippen LogP contribution in [0.15, 0.2) is 0 Å². The fourth-order valence-electron chi connectivity index (χ4n) is 6.03. The summed E-state index contributed by atoms with van der Waals surface area (Å²) in [5.41, 5.74) is 0.0842. The zero-order valence-corrected chi connectivity index (χ0v) is 28.3. The van der Waals surface area contributed by atoms with Crippen LogP contribution >= 0.6 is 0 Å². The Labute approximate surface area is 246 Å². The van der Waals surface area contributed by atoms with Crippen molar-refractivity contribution in [1.82, 2.24) is 0 Å². The topological polar surface area (TPSA) is 93.1 Å². The summed E-state index contributed by atoms with van der Waals surface area (Å²) in [5.74, 6) is -0.443. The molecule has 0 amide bonds. The Morgan fingerprint density at radius 2 is 0.850 bits per heavy atom. The van der Waals surface area contributed by atoms with E-state index in [0.29, 0.717) is 61.4 Å². The number of carbonyl (C=O) groups is 2. The Balaban J connectivity index is 5.31. The smallest absolute Gasteiger partial charge is 0.311 e. The van der Waals surface area contributed by atoms with E-state index >= 15 is 0 Å². The normalized spacial score (nSPS) is 13.8. The van der Waals surface area contributed by atoms with Gasteiger partial charge in [0.25, 0.3) is 0 Å². The van der Waals surface area contributed by atoms with Crippen LogP contribution in [-0.2, 0) is 19.1 Å². The molecule has 0 aliphatic heterocycles. The Morgan fingerprint density at radius 1 is 0.550 bits per heavy atom. The van der Waals surface area contributed by atoms with Crippen LogP contribution in [0.2, 0.25) is 0 Å². The summed E-state index contributed by atoms with van der Waals surface area (Å²) in [6.07, 6.45) is 2.42. The second kappa shape index (κ2) is 15.9. The minimum Gasteiger partial charge on any atom is -0.465 e. The third-order valence-corrected chi connectivity index (χ3v) is 7.44. The maximum atomic E-state index is 12.8. The molecule has 0 unspecified atom stereocenters. The monoisotopic (exact) mass is 574 g/mol. The van der Waals surface area contributed by atoms with E-state index in [1.165, 1.54) is 0 Å². The summed E-state index contributed by atoms with van der Waals surface area (Å²) in [5, 5.41) is 19.2. The molecule has 0 aromatic carbocycles. The van der Waals surface area contributed by atoms with Gasteiger partial charge in [0.05, 0.1) is 66.5 Å². The maximum absolute atomic E-state index is 12.8. The molecule has 0 heterocycles. The molecule has 2 N–H and O–H groups in total. The number of rotatable bonds is 19. The average molecular weight is 575 g/mol. The van der Waals surface area contributed by atoms with Crippen LogP contribution in [0.3, 0.4) is 0 Å². The van der Waals surface area contributed by atoms with Crippen LogP contribution in [0.4, 0.5) is 0 Å². The van der Waals surface area contributed by atoms with Crippen molar-refractivity contribution in [3.8, 4) is 0 Å². The summed E-state index contributed by atoms with van der Waals surface area (Å²) in [4.78, 5) is 25.6. The van der Waals surface area contributed by atoms with Crippen LogP contribution in [0.25, 0.3) is 0 Å². The van der Waals surface area contributed by atoms with E-state index in [4.69, 9.17) is 9.47 Å². The average Bonchev–Trinajstić information content (AvgIpc) is 2.75. The molecule has 0 aromatic heterocycles. The van der Waals surface area contributed by atoms with E-state index in [0.717, 1.165) is 12.8 Å². The van der Waals surface area contributed by atoms with Gasteiger partial charge in [-0.3, -0.25) is 9.59 Å². The molecular weight excluding hydrogens is 508 g/mol. The van der Waals surface area contributed by atoms with Crippen molar-refractivity contribution in [2.75, 3.05) is 79.8 Å². The van der Waals surface area contributed by atoms with Gasteiger partial charge in [-0.2, -0.15) is 0 Å². The van der Waals surface area contributed by atoms with Crippen LogP contribution in [0, 0.1) is 21.7 Å². The number of carbonyl (C=O) groups excluding carboxylic acids is 2. The minimum atomic E-state index is -0.221. The first kappa shape index (κ1) is 38.8. The molecular formula is C32H66N2O6+2. The van der Waals surface area contributed by atoms with Gasteiger partial charge in [-0.1, -0.05) is 69.2 Å². The predicted molar refractivity (Wildman–Crippen MR) is 163 cm³/mol. The highest BCUT2D eigenvalue weighted by atomic mass is 16.5. The number of nitrogens with zero attached hydrogens (tertiary/aromatic N) is 2.